The summed E-state index contributed by atoms with van der Waals surface area (Å²) < 4.78 is 9.83. The lowest BCUT2D eigenvalue weighted by Gasteiger charge is -2.16. The molecule has 1 aromatic carbocycles. The van der Waals surface area contributed by atoms with Gasteiger partial charge in [0.1, 0.15) is 0 Å². The number of carbonyl (C=O) groups is 4. The first kappa shape index (κ1) is 20.9. The van der Waals surface area contributed by atoms with Crippen LogP contribution < -0.4 is 5.32 Å². The number of ether oxygens (including phenoxy) is 2. The van der Waals surface area contributed by atoms with E-state index in [1.165, 1.54) is 29.8 Å². The smallest absolute Gasteiger partial charge is 0.338 e. The average Bonchev–Trinajstić information content (AvgIpc) is 3.52. The summed E-state index contributed by atoms with van der Waals surface area (Å²) in [5, 5.41) is 3.35. The molecule has 1 heterocycles. The molecule has 154 valence electrons. The van der Waals surface area contributed by atoms with E-state index in [9.17, 15) is 19.2 Å². The highest BCUT2D eigenvalue weighted by Crippen LogP contribution is 2.30. The molecular weight excluding hydrogens is 396 g/mol. The summed E-state index contributed by atoms with van der Waals surface area (Å²) in [6.45, 7) is 0.479. The number of amides is 2. The number of rotatable bonds is 8. The van der Waals surface area contributed by atoms with Crippen LogP contribution in [-0.4, -0.2) is 54.7 Å². The van der Waals surface area contributed by atoms with Gasteiger partial charge in [-0.2, -0.15) is 0 Å². The predicted molar refractivity (Wildman–Crippen MR) is 107 cm³/mol. The molecule has 2 aliphatic rings. The van der Waals surface area contributed by atoms with Gasteiger partial charge < -0.3 is 19.7 Å². The molecule has 0 unspecified atom stereocenters. The zero-order valence-corrected chi connectivity index (χ0v) is 16.8. The highest BCUT2D eigenvalue weighted by molar-refractivity contribution is 8.04. The molecule has 0 aromatic heterocycles. The number of hydrogen-bond donors (Lipinski definition) is 1. The van der Waals surface area contributed by atoms with E-state index in [1.54, 1.807) is 24.3 Å². The monoisotopic (exact) mass is 418 g/mol. The third-order valence-corrected chi connectivity index (χ3v) is 5.47. The zero-order chi connectivity index (χ0) is 20.8. The Kier molecular flexibility index (Phi) is 6.92. The molecule has 1 aromatic rings. The second kappa shape index (κ2) is 9.60. The summed E-state index contributed by atoms with van der Waals surface area (Å²) in [7, 11) is 1.28. The Morgan fingerprint density at radius 3 is 2.62 bits per heavy atom. The SMILES string of the molecule is COC(=O)/C=C1/SCC(=O)N1CCCOC(=O)c1ccc(NC(=O)C2CC2)cc1. The second-order valence-corrected chi connectivity index (χ2v) is 7.67. The molecule has 0 radical (unpaired) electrons. The molecule has 1 N–H and O–H groups in total. The number of anilines is 1. The Balaban J connectivity index is 1.43. The normalized spacial score (nSPS) is 17.3. The molecule has 1 aliphatic carbocycles. The van der Waals surface area contributed by atoms with Gasteiger partial charge in [0.25, 0.3) is 0 Å². The molecule has 9 heteroatoms. The molecule has 1 aliphatic heterocycles. The largest absolute Gasteiger partial charge is 0.466 e. The number of benzene rings is 1. The number of thioether (sulfide) groups is 1. The topological polar surface area (TPSA) is 102 Å². The van der Waals surface area contributed by atoms with Crippen molar-refractivity contribution in [1.29, 1.82) is 0 Å². The van der Waals surface area contributed by atoms with E-state index >= 15 is 0 Å². The third-order valence-electron chi connectivity index (χ3n) is 4.45. The quantitative estimate of drug-likeness (QED) is 0.392. The van der Waals surface area contributed by atoms with Gasteiger partial charge in [-0.15, -0.1) is 0 Å². The fourth-order valence-corrected chi connectivity index (χ4v) is 3.63. The molecule has 8 nitrogen and oxygen atoms in total. The summed E-state index contributed by atoms with van der Waals surface area (Å²) in [5.41, 5.74) is 1.03. The van der Waals surface area contributed by atoms with Crippen LogP contribution in [0, 0.1) is 5.92 Å². The summed E-state index contributed by atoms with van der Waals surface area (Å²) in [5.74, 6) is -0.695. The van der Waals surface area contributed by atoms with Crippen molar-refractivity contribution >= 4 is 41.2 Å². The van der Waals surface area contributed by atoms with E-state index in [2.05, 4.69) is 10.1 Å². The van der Waals surface area contributed by atoms with E-state index in [1.807, 2.05) is 0 Å². The Labute approximate surface area is 172 Å². The standard InChI is InChI=1S/C20H22N2O6S/c1-27-18(24)11-17-22(16(23)12-29-17)9-2-10-28-20(26)14-5-7-15(8-6-14)21-19(25)13-3-4-13/h5-8,11,13H,2-4,9-10,12H2,1H3,(H,21,25)/b17-11+. The number of esters is 2. The molecule has 0 bridgehead atoms. The van der Waals surface area contributed by atoms with E-state index in [4.69, 9.17) is 4.74 Å². The molecule has 0 atom stereocenters. The Hall–Kier alpha value is -2.81. The van der Waals surface area contributed by atoms with Crippen LogP contribution in [-0.2, 0) is 23.9 Å². The van der Waals surface area contributed by atoms with Gasteiger partial charge in [0.05, 0.1) is 36.1 Å². The summed E-state index contributed by atoms with van der Waals surface area (Å²) in [6, 6.07) is 6.53. The van der Waals surface area contributed by atoms with Crippen molar-refractivity contribution in [3.8, 4) is 0 Å². The van der Waals surface area contributed by atoms with Gasteiger partial charge in [0.15, 0.2) is 0 Å². The first-order valence-electron chi connectivity index (χ1n) is 9.29. The van der Waals surface area contributed by atoms with Gasteiger partial charge in [0.2, 0.25) is 11.8 Å². The van der Waals surface area contributed by atoms with Crippen LogP contribution in [0.1, 0.15) is 29.6 Å². The molecule has 1 saturated heterocycles. The fourth-order valence-electron chi connectivity index (χ4n) is 2.68. The molecule has 0 spiro atoms. The third kappa shape index (κ3) is 5.83. The number of carbonyl (C=O) groups excluding carboxylic acids is 4. The Morgan fingerprint density at radius 2 is 1.97 bits per heavy atom. The van der Waals surface area contributed by atoms with Crippen LogP contribution in [0.25, 0.3) is 0 Å². The summed E-state index contributed by atoms with van der Waals surface area (Å²) in [4.78, 5) is 48.7. The molecular formula is C20H22N2O6S. The maximum Gasteiger partial charge on any atom is 0.338 e. The lowest BCUT2D eigenvalue weighted by molar-refractivity contribution is -0.134. The zero-order valence-electron chi connectivity index (χ0n) is 16.0. The maximum atomic E-state index is 12.1. The molecule has 3 rings (SSSR count). The van der Waals surface area contributed by atoms with Crippen molar-refractivity contribution in [2.24, 2.45) is 5.92 Å². The Bertz CT molecular complexity index is 832. The molecule has 2 fully saturated rings. The lowest BCUT2D eigenvalue weighted by atomic mass is 10.2. The molecule has 2 amide bonds. The molecule has 29 heavy (non-hydrogen) atoms. The number of methoxy groups -OCH3 is 1. The summed E-state index contributed by atoms with van der Waals surface area (Å²) >= 11 is 1.27. The van der Waals surface area contributed by atoms with Crippen LogP contribution >= 0.6 is 11.8 Å². The number of nitrogens with zero attached hydrogens (tertiary/aromatic N) is 1. The Morgan fingerprint density at radius 1 is 1.24 bits per heavy atom. The van der Waals surface area contributed by atoms with Crippen LogP contribution in [0.15, 0.2) is 35.4 Å². The van der Waals surface area contributed by atoms with E-state index in [-0.39, 0.29) is 30.1 Å². The first-order chi connectivity index (χ1) is 14.0. The molecule has 1 saturated carbocycles. The van der Waals surface area contributed by atoms with Crippen LogP contribution in [0.3, 0.4) is 0 Å². The van der Waals surface area contributed by atoms with Crippen molar-refractivity contribution in [3.63, 3.8) is 0 Å². The summed E-state index contributed by atoms with van der Waals surface area (Å²) in [6.07, 6.45) is 3.58. The number of hydrogen-bond acceptors (Lipinski definition) is 7. The second-order valence-electron chi connectivity index (χ2n) is 6.67. The van der Waals surface area contributed by atoms with Crippen molar-refractivity contribution in [1.82, 2.24) is 4.90 Å². The van der Waals surface area contributed by atoms with E-state index < -0.39 is 11.9 Å². The van der Waals surface area contributed by atoms with Gasteiger partial charge >= 0.3 is 11.9 Å². The van der Waals surface area contributed by atoms with Gasteiger partial charge in [-0.05, 0) is 43.5 Å². The van der Waals surface area contributed by atoms with Crippen LogP contribution in [0.2, 0.25) is 0 Å². The van der Waals surface area contributed by atoms with Gasteiger partial charge in [-0.1, -0.05) is 11.8 Å². The van der Waals surface area contributed by atoms with Crippen molar-refractivity contribution in [3.05, 3.63) is 40.9 Å². The van der Waals surface area contributed by atoms with Crippen LogP contribution in [0.4, 0.5) is 5.69 Å². The minimum absolute atomic E-state index is 0.00978. The first-order valence-corrected chi connectivity index (χ1v) is 10.3. The van der Waals surface area contributed by atoms with Crippen molar-refractivity contribution < 1.29 is 28.7 Å². The van der Waals surface area contributed by atoms with Gasteiger partial charge in [0, 0.05) is 18.2 Å². The lowest BCUT2D eigenvalue weighted by Crippen LogP contribution is -2.27. The highest BCUT2D eigenvalue weighted by atomic mass is 32.2. The average molecular weight is 418 g/mol. The minimum Gasteiger partial charge on any atom is -0.466 e. The highest BCUT2D eigenvalue weighted by Gasteiger charge is 2.29. The predicted octanol–water partition coefficient (Wildman–Crippen LogP) is 2.17. The van der Waals surface area contributed by atoms with Gasteiger partial charge in [-0.25, -0.2) is 9.59 Å². The number of nitrogens with one attached hydrogen (secondary N) is 1. The fraction of sp³-hybridized carbons (Fsp3) is 0.400. The minimum atomic E-state index is -0.518. The van der Waals surface area contributed by atoms with E-state index in [0.29, 0.717) is 29.2 Å². The van der Waals surface area contributed by atoms with Crippen LogP contribution in [0.5, 0.6) is 0 Å². The van der Waals surface area contributed by atoms with E-state index in [0.717, 1.165) is 12.8 Å². The maximum absolute atomic E-state index is 12.1. The van der Waals surface area contributed by atoms with Crippen molar-refractivity contribution in [2.75, 3.05) is 31.3 Å². The van der Waals surface area contributed by atoms with Gasteiger partial charge in [-0.3, -0.25) is 9.59 Å². The van der Waals surface area contributed by atoms with Crippen molar-refractivity contribution in [2.45, 2.75) is 19.3 Å².